The van der Waals surface area contributed by atoms with Crippen molar-refractivity contribution in [3.63, 3.8) is 0 Å². The fourth-order valence-electron chi connectivity index (χ4n) is 5.68. The smallest absolute Gasteiger partial charge is 0.255 e. The van der Waals surface area contributed by atoms with E-state index >= 15 is 0 Å². The third kappa shape index (κ3) is 5.41. The van der Waals surface area contributed by atoms with E-state index in [1.54, 1.807) is 31.2 Å². The maximum Gasteiger partial charge on any atom is 0.255 e. The summed E-state index contributed by atoms with van der Waals surface area (Å²) in [6.07, 6.45) is 1.43. The molecular formula is C25H30ClF2N5O3. The zero-order valence-electron chi connectivity index (χ0n) is 20.0. The van der Waals surface area contributed by atoms with Crippen molar-refractivity contribution >= 4 is 35.0 Å². The van der Waals surface area contributed by atoms with Crippen molar-refractivity contribution in [3.05, 3.63) is 29.3 Å². The van der Waals surface area contributed by atoms with Crippen molar-refractivity contribution < 1.29 is 23.2 Å². The number of halogens is 3. The molecule has 6 atom stereocenters. The second kappa shape index (κ2) is 10.6. The molecule has 8 nitrogen and oxygen atoms in total. The summed E-state index contributed by atoms with van der Waals surface area (Å²) in [6, 6.07) is 4.74. The van der Waals surface area contributed by atoms with Crippen molar-refractivity contribution in [2.24, 2.45) is 11.8 Å². The Labute approximate surface area is 213 Å². The topological polar surface area (TPSA) is 114 Å². The van der Waals surface area contributed by atoms with E-state index in [1.165, 1.54) is 4.90 Å². The van der Waals surface area contributed by atoms with Crippen LogP contribution in [-0.2, 0) is 14.4 Å². The number of hydrogen-bond acceptors (Lipinski definition) is 5. The Morgan fingerprint density at radius 2 is 2.11 bits per heavy atom. The average molecular weight is 522 g/mol. The number of nitrogens with one attached hydrogen (secondary N) is 3. The lowest BCUT2D eigenvalue weighted by Crippen LogP contribution is -2.70. The van der Waals surface area contributed by atoms with Gasteiger partial charge in [-0.3, -0.25) is 14.4 Å². The van der Waals surface area contributed by atoms with Gasteiger partial charge in [0.15, 0.2) is 0 Å². The number of hydrogen-bond donors (Lipinski definition) is 3. The molecule has 3 saturated heterocycles. The highest BCUT2D eigenvalue weighted by molar-refractivity contribution is 6.30. The molecular weight excluding hydrogens is 492 g/mol. The van der Waals surface area contributed by atoms with E-state index < -0.39 is 60.2 Å². The standard InChI is InChI=1S/C25H30ClF2N5O3/c1-14(31-17-6-2-5-16(26)11-17)24(36)33-19-7-8-20(25(27,28)12-19)21(33)23(35)32-18(13-29)10-15-4-3-9-30-22(15)34/h2,5-6,11,14-15,18-21,31H,3-4,7-10,12H2,1H3,(H,30,34)(H,32,35)/t14-,15-,18+,19+,20+,21+/m0/s1. The molecule has 1 aromatic rings. The van der Waals surface area contributed by atoms with Gasteiger partial charge in [-0.05, 0) is 57.2 Å². The summed E-state index contributed by atoms with van der Waals surface area (Å²) < 4.78 is 29.8. The van der Waals surface area contributed by atoms with Crippen LogP contribution < -0.4 is 16.0 Å². The summed E-state index contributed by atoms with van der Waals surface area (Å²) in [6.45, 7) is 2.18. The van der Waals surface area contributed by atoms with Crippen LogP contribution >= 0.6 is 11.6 Å². The predicted octanol–water partition coefficient (Wildman–Crippen LogP) is 3.08. The number of fused-ring (bicyclic) bond motifs is 3. The van der Waals surface area contributed by atoms with Gasteiger partial charge in [0.2, 0.25) is 17.7 Å². The summed E-state index contributed by atoms with van der Waals surface area (Å²) in [4.78, 5) is 40.3. The minimum Gasteiger partial charge on any atom is -0.374 e. The lowest BCUT2D eigenvalue weighted by Gasteiger charge is -2.54. The number of benzene rings is 1. The number of rotatable bonds is 7. The lowest BCUT2D eigenvalue weighted by molar-refractivity contribution is -0.194. The molecule has 4 fully saturated rings. The number of alkyl halides is 2. The van der Waals surface area contributed by atoms with Crippen molar-refractivity contribution in [1.82, 2.24) is 15.5 Å². The number of carbonyl (C=O) groups excluding carboxylic acids is 3. The van der Waals surface area contributed by atoms with Gasteiger partial charge in [0.05, 0.1) is 12.0 Å². The second-order valence-electron chi connectivity index (χ2n) is 9.93. The van der Waals surface area contributed by atoms with Crippen LogP contribution in [0.5, 0.6) is 0 Å². The molecule has 194 valence electrons. The van der Waals surface area contributed by atoms with Gasteiger partial charge >= 0.3 is 0 Å². The Bertz CT molecular complexity index is 1060. The lowest BCUT2D eigenvalue weighted by atomic mass is 9.71. The zero-order valence-corrected chi connectivity index (χ0v) is 20.7. The van der Waals surface area contributed by atoms with E-state index in [9.17, 15) is 28.4 Å². The molecule has 3 aliphatic heterocycles. The van der Waals surface area contributed by atoms with Crippen molar-refractivity contribution in [1.29, 1.82) is 5.26 Å². The van der Waals surface area contributed by atoms with E-state index in [-0.39, 0.29) is 18.7 Å². The summed E-state index contributed by atoms with van der Waals surface area (Å²) in [5.74, 6) is -6.32. The monoisotopic (exact) mass is 521 g/mol. The molecule has 4 aliphatic rings. The number of piperidine rings is 3. The van der Waals surface area contributed by atoms with Crippen LogP contribution in [0, 0.1) is 23.2 Å². The van der Waals surface area contributed by atoms with E-state index in [0.717, 1.165) is 6.42 Å². The van der Waals surface area contributed by atoms with E-state index in [1.807, 2.05) is 6.07 Å². The summed E-state index contributed by atoms with van der Waals surface area (Å²) >= 11 is 6.02. The van der Waals surface area contributed by atoms with Crippen LogP contribution in [0.2, 0.25) is 5.02 Å². The first-order valence-corrected chi connectivity index (χ1v) is 12.7. The van der Waals surface area contributed by atoms with Gasteiger partial charge in [-0.25, -0.2) is 8.78 Å². The number of nitriles is 1. The summed E-state index contributed by atoms with van der Waals surface area (Å²) in [5.41, 5.74) is 0.590. The summed E-state index contributed by atoms with van der Waals surface area (Å²) in [5, 5.41) is 18.4. The fourth-order valence-corrected chi connectivity index (χ4v) is 5.87. The molecule has 0 aromatic heterocycles. The van der Waals surface area contributed by atoms with Crippen LogP contribution in [0.4, 0.5) is 14.5 Å². The van der Waals surface area contributed by atoms with Gasteiger partial charge in [-0.15, -0.1) is 0 Å². The maximum atomic E-state index is 14.9. The van der Waals surface area contributed by atoms with E-state index in [2.05, 4.69) is 16.0 Å². The predicted molar refractivity (Wildman–Crippen MR) is 129 cm³/mol. The summed E-state index contributed by atoms with van der Waals surface area (Å²) in [7, 11) is 0. The van der Waals surface area contributed by atoms with Crippen LogP contribution in [0.15, 0.2) is 24.3 Å². The van der Waals surface area contributed by atoms with Crippen LogP contribution in [0.3, 0.4) is 0 Å². The van der Waals surface area contributed by atoms with Gasteiger partial charge in [-0.1, -0.05) is 17.7 Å². The molecule has 0 radical (unpaired) electrons. The number of nitrogens with zero attached hydrogens (tertiary/aromatic N) is 2. The van der Waals surface area contributed by atoms with Gasteiger partial charge in [0, 0.05) is 35.6 Å². The Morgan fingerprint density at radius 1 is 1.33 bits per heavy atom. The first-order valence-electron chi connectivity index (χ1n) is 12.3. The van der Waals surface area contributed by atoms with Crippen LogP contribution in [-0.4, -0.2) is 59.3 Å². The highest BCUT2D eigenvalue weighted by Gasteiger charge is 2.60. The Morgan fingerprint density at radius 3 is 2.78 bits per heavy atom. The minimum atomic E-state index is -3.10. The molecule has 11 heteroatoms. The number of anilines is 1. The molecule has 3 amide bonds. The minimum absolute atomic E-state index is 0.0892. The van der Waals surface area contributed by atoms with Crippen molar-refractivity contribution in [3.8, 4) is 6.07 Å². The second-order valence-corrected chi connectivity index (χ2v) is 10.4. The van der Waals surface area contributed by atoms with E-state index in [0.29, 0.717) is 30.1 Å². The Kier molecular flexibility index (Phi) is 7.69. The first-order chi connectivity index (χ1) is 17.1. The Balaban J connectivity index is 1.52. The molecule has 1 aliphatic carbocycles. The van der Waals surface area contributed by atoms with Gasteiger partial charge in [0.25, 0.3) is 5.92 Å². The molecule has 1 saturated carbocycles. The quantitative estimate of drug-likeness (QED) is 0.510. The largest absolute Gasteiger partial charge is 0.374 e. The van der Waals surface area contributed by atoms with Gasteiger partial charge < -0.3 is 20.9 Å². The number of carbonyl (C=O) groups is 3. The van der Waals surface area contributed by atoms with Crippen molar-refractivity contribution in [2.75, 3.05) is 11.9 Å². The van der Waals surface area contributed by atoms with Gasteiger partial charge in [-0.2, -0.15) is 5.26 Å². The maximum absolute atomic E-state index is 14.9. The molecule has 2 bridgehead atoms. The molecule has 0 spiro atoms. The molecule has 3 heterocycles. The first kappa shape index (κ1) is 26.1. The van der Waals surface area contributed by atoms with Crippen LogP contribution in [0.1, 0.15) is 45.4 Å². The van der Waals surface area contributed by atoms with E-state index in [4.69, 9.17) is 11.6 Å². The van der Waals surface area contributed by atoms with Crippen LogP contribution in [0.25, 0.3) is 0 Å². The molecule has 0 unspecified atom stereocenters. The zero-order chi connectivity index (χ0) is 26.0. The average Bonchev–Trinajstić information content (AvgIpc) is 2.83. The third-order valence-electron chi connectivity index (χ3n) is 7.43. The molecule has 5 rings (SSSR count). The highest BCUT2D eigenvalue weighted by Crippen LogP contribution is 2.49. The highest BCUT2D eigenvalue weighted by atomic mass is 35.5. The molecule has 3 N–H and O–H groups in total. The fraction of sp³-hybridized carbons (Fsp3) is 0.600. The Hall–Kier alpha value is -2.93. The molecule has 36 heavy (non-hydrogen) atoms. The normalized spacial score (nSPS) is 28.4. The van der Waals surface area contributed by atoms with Gasteiger partial charge in [0.1, 0.15) is 18.1 Å². The SMILES string of the molecule is C[C@H](Nc1cccc(Cl)c1)C(=O)N1[C@@H]2CC[C@H]([C@@H]1C(=O)N[C@@H](C#N)C[C@@H]1CCCNC1=O)C(F)(F)C2. The number of amides is 3. The third-order valence-corrected chi connectivity index (χ3v) is 7.66. The molecule has 1 aromatic carbocycles. The van der Waals surface area contributed by atoms with Crippen molar-refractivity contribution in [2.45, 2.75) is 75.5 Å².